The summed E-state index contributed by atoms with van der Waals surface area (Å²) in [5.74, 6) is -0.350. The highest BCUT2D eigenvalue weighted by Crippen LogP contribution is 2.21. The summed E-state index contributed by atoms with van der Waals surface area (Å²) in [6.45, 7) is 0.687. The van der Waals surface area contributed by atoms with Crippen LogP contribution in [0.1, 0.15) is 4.88 Å². The maximum absolute atomic E-state index is 12.7. The maximum Gasteiger partial charge on any atom is 0.141 e. The topological polar surface area (TPSA) is 50.7 Å². The van der Waals surface area contributed by atoms with Crippen molar-refractivity contribution in [3.8, 4) is 11.4 Å². The molecule has 1 N–H and O–H groups in total. The Balaban J connectivity index is 2.36. The minimum atomic E-state index is -0.350. The third kappa shape index (κ3) is 2.16. The van der Waals surface area contributed by atoms with E-state index < -0.39 is 0 Å². The highest BCUT2D eigenvalue weighted by molar-refractivity contribution is 7.05. The van der Waals surface area contributed by atoms with Gasteiger partial charge in [0.1, 0.15) is 11.5 Å². The molecule has 0 aromatic carbocycles. The molecular formula is C9H9FN4S. The third-order valence-electron chi connectivity index (χ3n) is 1.86. The van der Waals surface area contributed by atoms with Gasteiger partial charge in [-0.05, 0) is 30.7 Å². The Kier molecular flexibility index (Phi) is 2.98. The molecule has 2 heterocycles. The fourth-order valence-electron chi connectivity index (χ4n) is 1.20. The van der Waals surface area contributed by atoms with Gasteiger partial charge < -0.3 is 5.32 Å². The van der Waals surface area contributed by atoms with Gasteiger partial charge in [-0.15, -0.1) is 5.10 Å². The SMILES string of the molecule is CNCc1snnc1-c1ccc(F)cn1. The van der Waals surface area contributed by atoms with E-state index >= 15 is 0 Å². The van der Waals surface area contributed by atoms with Crippen molar-refractivity contribution < 1.29 is 4.39 Å². The van der Waals surface area contributed by atoms with Crippen LogP contribution in [0.4, 0.5) is 4.39 Å². The highest BCUT2D eigenvalue weighted by atomic mass is 32.1. The van der Waals surface area contributed by atoms with Gasteiger partial charge in [0.25, 0.3) is 0 Å². The van der Waals surface area contributed by atoms with Crippen LogP contribution in [0.2, 0.25) is 0 Å². The van der Waals surface area contributed by atoms with Crippen molar-refractivity contribution >= 4 is 11.5 Å². The molecule has 4 nitrogen and oxygen atoms in total. The van der Waals surface area contributed by atoms with Gasteiger partial charge in [0.15, 0.2) is 0 Å². The van der Waals surface area contributed by atoms with Crippen LogP contribution >= 0.6 is 11.5 Å². The molecular weight excluding hydrogens is 215 g/mol. The molecule has 0 unspecified atom stereocenters. The Morgan fingerprint density at radius 3 is 3.00 bits per heavy atom. The lowest BCUT2D eigenvalue weighted by Crippen LogP contribution is -2.04. The summed E-state index contributed by atoms with van der Waals surface area (Å²) in [6.07, 6.45) is 1.18. The van der Waals surface area contributed by atoms with Crippen molar-refractivity contribution in [2.24, 2.45) is 0 Å². The molecule has 0 bridgehead atoms. The molecule has 0 fully saturated rings. The van der Waals surface area contributed by atoms with Crippen LogP contribution in [0.3, 0.4) is 0 Å². The van der Waals surface area contributed by atoms with Crippen LogP contribution in [-0.4, -0.2) is 21.6 Å². The molecule has 2 aromatic rings. The Morgan fingerprint density at radius 2 is 2.33 bits per heavy atom. The van der Waals surface area contributed by atoms with E-state index in [0.29, 0.717) is 17.9 Å². The molecule has 6 heteroatoms. The normalized spacial score (nSPS) is 10.5. The zero-order valence-electron chi connectivity index (χ0n) is 8.07. The molecule has 15 heavy (non-hydrogen) atoms. The van der Waals surface area contributed by atoms with Crippen LogP contribution in [0.25, 0.3) is 11.4 Å². The number of hydrogen-bond donors (Lipinski definition) is 1. The zero-order valence-corrected chi connectivity index (χ0v) is 8.88. The molecule has 2 aromatic heterocycles. The maximum atomic E-state index is 12.7. The Morgan fingerprint density at radius 1 is 1.47 bits per heavy atom. The summed E-state index contributed by atoms with van der Waals surface area (Å²) in [5, 5.41) is 7.00. The van der Waals surface area contributed by atoms with Crippen LogP contribution < -0.4 is 5.32 Å². The largest absolute Gasteiger partial charge is 0.315 e. The molecule has 2 rings (SSSR count). The average molecular weight is 224 g/mol. The van der Waals surface area contributed by atoms with E-state index in [1.807, 2.05) is 7.05 Å². The van der Waals surface area contributed by atoms with E-state index in [-0.39, 0.29) is 5.82 Å². The molecule has 0 saturated heterocycles. The smallest absolute Gasteiger partial charge is 0.141 e. The lowest BCUT2D eigenvalue weighted by atomic mass is 10.2. The Bertz CT molecular complexity index is 440. The summed E-state index contributed by atoms with van der Waals surface area (Å²) >= 11 is 1.32. The van der Waals surface area contributed by atoms with E-state index in [1.54, 1.807) is 6.07 Å². The summed E-state index contributed by atoms with van der Waals surface area (Å²) < 4.78 is 16.5. The first-order valence-corrected chi connectivity index (χ1v) is 5.16. The molecule has 0 atom stereocenters. The summed E-state index contributed by atoms with van der Waals surface area (Å²) in [6, 6.07) is 2.97. The lowest BCUT2D eigenvalue weighted by Gasteiger charge is -1.99. The molecule has 0 aliphatic heterocycles. The second-order valence-corrected chi connectivity index (χ2v) is 3.78. The molecule has 0 saturated carbocycles. The van der Waals surface area contributed by atoms with Crippen LogP contribution in [0.15, 0.2) is 18.3 Å². The summed E-state index contributed by atoms with van der Waals surface area (Å²) in [4.78, 5) is 4.96. The molecule has 0 amide bonds. The van der Waals surface area contributed by atoms with Crippen molar-refractivity contribution in [3.05, 3.63) is 29.0 Å². The molecule has 0 aliphatic carbocycles. The molecule has 0 spiro atoms. The van der Waals surface area contributed by atoms with Crippen LogP contribution in [0.5, 0.6) is 0 Å². The quantitative estimate of drug-likeness (QED) is 0.857. The van der Waals surface area contributed by atoms with E-state index in [9.17, 15) is 4.39 Å². The first-order chi connectivity index (χ1) is 7.31. The number of halogens is 1. The van der Waals surface area contributed by atoms with E-state index in [0.717, 1.165) is 4.88 Å². The predicted octanol–water partition coefficient (Wildman–Crippen LogP) is 1.46. The minimum absolute atomic E-state index is 0.350. The van der Waals surface area contributed by atoms with E-state index in [2.05, 4.69) is 19.9 Å². The first kappa shape index (κ1) is 10.1. The Hall–Kier alpha value is -1.40. The predicted molar refractivity (Wildman–Crippen MR) is 55.9 cm³/mol. The second-order valence-electron chi connectivity index (χ2n) is 2.94. The summed E-state index contributed by atoms with van der Waals surface area (Å²) in [5.41, 5.74) is 1.37. The zero-order chi connectivity index (χ0) is 10.7. The van der Waals surface area contributed by atoms with Crippen molar-refractivity contribution in [2.75, 3.05) is 7.05 Å². The molecule has 0 aliphatic rings. The van der Waals surface area contributed by atoms with Gasteiger partial charge in [-0.25, -0.2) is 4.39 Å². The molecule has 0 radical (unpaired) electrons. The lowest BCUT2D eigenvalue weighted by molar-refractivity contribution is 0.621. The minimum Gasteiger partial charge on any atom is -0.315 e. The first-order valence-electron chi connectivity index (χ1n) is 4.39. The number of hydrogen-bond acceptors (Lipinski definition) is 5. The number of rotatable bonds is 3. The van der Waals surface area contributed by atoms with E-state index in [4.69, 9.17) is 0 Å². The van der Waals surface area contributed by atoms with E-state index in [1.165, 1.54) is 23.8 Å². The van der Waals surface area contributed by atoms with Gasteiger partial charge in [0.05, 0.1) is 16.8 Å². The van der Waals surface area contributed by atoms with Gasteiger partial charge in [-0.2, -0.15) is 0 Å². The summed E-state index contributed by atoms with van der Waals surface area (Å²) in [7, 11) is 1.85. The fourth-order valence-corrected chi connectivity index (χ4v) is 1.86. The van der Waals surface area contributed by atoms with Gasteiger partial charge >= 0.3 is 0 Å². The highest BCUT2D eigenvalue weighted by Gasteiger charge is 2.10. The number of nitrogens with zero attached hydrogens (tertiary/aromatic N) is 3. The van der Waals surface area contributed by atoms with Crippen LogP contribution in [0, 0.1) is 5.82 Å². The van der Waals surface area contributed by atoms with Crippen molar-refractivity contribution in [2.45, 2.75) is 6.54 Å². The standard InChI is InChI=1S/C9H9FN4S/c1-11-5-8-9(13-14-15-8)7-3-2-6(10)4-12-7/h2-4,11H,5H2,1H3. The van der Waals surface area contributed by atoms with Crippen molar-refractivity contribution in [1.82, 2.24) is 19.9 Å². The van der Waals surface area contributed by atoms with Crippen molar-refractivity contribution in [1.29, 1.82) is 0 Å². The van der Waals surface area contributed by atoms with Crippen molar-refractivity contribution in [3.63, 3.8) is 0 Å². The van der Waals surface area contributed by atoms with Gasteiger partial charge in [-0.3, -0.25) is 4.98 Å². The van der Waals surface area contributed by atoms with Gasteiger partial charge in [0, 0.05) is 6.54 Å². The van der Waals surface area contributed by atoms with Crippen LogP contribution in [-0.2, 0) is 6.54 Å². The number of pyridine rings is 1. The van der Waals surface area contributed by atoms with Gasteiger partial charge in [0.2, 0.25) is 0 Å². The Labute approximate surface area is 90.3 Å². The number of nitrogens with one attached hydrogen (secondary N) is 1. The number of aromatic nitrogens is 3. The van der Waals surface area contributed by atoms with Gasteiger partial charge in [-0.1, -0.05) is 4.49 Å². The second kappa shape index (κ2) is 4.41. The third-order valence-corrected chi connectivity index (χ3v) is 2.58. The fraction of sp³-hybridized carbons (Fsp3) is 0.222. The molecule has 78 valence electrons. The average Bonchev–Trinajstić information content (AvgIpc) is 2.68. The monoisotopic (exact) mass is 224 g/mol.